The number of hydrogen-bond donors (Lipinski definition) is 2. The Kier molecular flexibility index (Phi) is 16.0. The molecule has 0 bridgehead atoms. The van der Waals surface area contributed by atoms with E-state index in [4.69, 9.17) is 10.7 Å². The first-order valence-electron chi connectivity index (χ1n) is 28.0. The van der Waals surface area contributed by atoms with Crippen molar-refractivity contribution in [1.29, 1.82) is 0 Å². The second kappa shape index (κ2) is 22.4. The average molecular weight is 968 g/mol. The van der Waals surface area contributed by atoms with Gasteiger partial charge in [0.2, 0.25) is 0 Å². The Morgan fingerprint density at radius 2 is 1.51 bits per heavy atom. The van der Waals surface area contributed by atoms with Crippen molar-refractivity contribution in [3.8, 4) is 22.3 Å². The summed E-state index contributed by atoms with van der Waals surface area (Å²) in [5, 5.41) is 4.26. The van der Waals surface area contributed by atoms with Crippen LogP contribution in [-0.4, -0.2) is 18.8 Å². The maximum atomic E-state index is 6.97. The lowest BCUT2D eigenvalue weighted by molar-refractivity contribution is 0.119. The molecule has 0 amide bonds. The Morgan fingerprint density at radius 1 is 0.740 bits per heavy atom. The molecule has 7 aliphatic carbocycles. The lowest BCUT2D eigenvalue weighted by atomic mass is 9.65. The third-order valence-corrected chi connectivity index (χ3v) is 18.3. The molecule has 3 N–H and O–H groups in total. The monoisotopic (exact) mass is 968 g/mol. The van der Waals surface area contributed by atoms with Crippen LogP contribution in [0.4, 0.5) is 5.69 Å². The van der Waals surface area contributed by atoms with Crippen molar-refractivity contribution < 1.29 is 0 Å². The highest BCUT2D eigenvalue weighted by atomic mass is 14.9. The second-order valence-corrected chi connectivity index (χ2v) is 23.9. The van der Waals surface area contributed by atoms with Crippen LogP contribution in [0, 0.1) is 60.2 Å². The first kappa shape index (κ1) is 52.1. The van der Waals surface area contributed by atoms with Crippen LogP contribution in [-0.2, 0) is 0 Å². The molecule has 3 nitrogen and oxygen atoms in total. The van der Waals surface area contributed by atoms with Gasteiger partial charge in [-0.2, -0.15) is 0 Å². The minimum absolute atomic E-state index is 0.0833. The van der Waals surface area contributed by atoms with Gasteiger partial charge >= 0.3 is 0 Å². The van der Waals surface area contributed by atoms with Crippen LogP contribution in [0.2, 0.25) is 0 Å². The Bertz CT molecular complexity index is 2940. The van der Waals surface area contributed by atoms with E-state index in [1.54, 1.807) is 5.57 Å². The summed E-state index contributed by atoms with van der Waals surface area (Å²) < 4.78 is 0. The highest BCUT2D eigenvalue weighted by Crippen LogP contribution is 2.64. The standard InChI is InChI=1S/C63H75N3.C7H10/c1-40-20-15-16-23-48(40)50-30-26-44(35-43(50)4)45-27-31-51(49-22-13-10-12-19-41(49)2)60(38-45)66-59(47-28-32-52-55(36-47)62(5,6)34-17-11-14-25-57(52)64)39-58(65-9)46-29-33-53-56(37-46)63(7,8)54-24-18-21-42(3)61(53)54;1-7-5-3-2-4-6-7/h10-11,13-17,19-23,25-27,30-32,35-36,38-39,46-47,53-54,56-57,61,66H,12,18,24,28-29,33-34,37,64H2,1-9H3;2-3,5H,4,6H2,1H3/b17-11-,25-14-,59-39-,65-58?;. The predicted octanol–water partition coefficient (Wildman–Crippen LogP) is 18.4. The number of nitrogens with one attached hydrogen (secondary N) is 1. The molecule has 380 valence electrons. The summed E-state index contributed by atoms with van der Waals surface area (Å²) in [7, 11) is 2.05. The Balaban J connectivity index is 0.000000865. The third-order valence-electron chi connectivity index (χ3n) is 18.3. The van der Waals surface area contributed by atoms with Crippen molar-refractivity contribution in [3.05, 3.63) is 202 Å². The predicted molar refractivity (Wildman–Crippen MR) is 316 cm³/mol. The lowest BCUT2D eigenvalue weighted by Gasteiger charge is -2.40. The van der Waals surface area contributed by atoms with Gasteiger partial charge in [-0.05, 0) is 201 Å². The van der Waals surface area contributed by atoms with E-state index >= 15 is 0 Å². The Morgan fingerprint density at radius 3 is 2.25 bits per heavy atom. The van der Waals surface area contributed by atoms with Crippen LogP contribution in [0.1, 0.15) is 129 Å². The van der Waals surface area contributed by atoms with Crippen molar-refractivity contribution in [2.24, 2.45) is 57.1 Å². The zero-order valence-corrected chi connectivity index (χ0v) is 46.1. The van der Waals surface area contributed by atoms with Crippen LogP contribution in [0.15, 0.2) is 190 Å². The minimum Gasteiger partial charge on any atom is -0.358 e. The van der Waals surface area contributed by atoms with Crippen LogP contribution < -0.4 is 11.1 Å². The van der Waals surface area contributed by atoms with E-state index in [0.29, 0.717) is 17.3 Å². The van der Waals surface area contributed by atoms with Gasteiger partial charge in [0.15, 0.2) is 0 Å². The molecule has 7 atom stereocenters. The zero-order valence-electron chi connectivity index (χ0n) is 46.1. The van der Waals surface area contributed by atoms with E-state index in [0.717, 1.165) is 42.7 Å². The van der Waals surface area contributed by atoms with Gasteiger partial charge in [0.25, 0.3) is 0 Å². The molecular formula is C70H85N3. The van der Waals surface area contributed by atoms with E-state index in [-0.39, 0.29) is 17.4 Å². The third kappa shape index (κ3) is 11.2. The minimum atomic E-state index is -0.145. The number of benzene rings is 3. The molecule has 3 aromatic carbocycles. The average Bonchev–Trinajstić information content (AvgIpc) is 3.47. The van der Waals surface area contributed by atoms with E-state index in [2.05, 4.69) is 219 Å². The quantitative estimate of drug-likeness (QED) is 0.175. The topological polar surface area (TPSA) is 50.4 Å². The summed E-state index contributed by atoms with van der Waals surface area (Å²) in [5.41, 5.74) is 27.9. The van der Waals surface area contributed by atoms with Crippen molar-refractivity contribution in [2.75, 3.05) is 12.4 Å². The smallest absolute Gasteiger partial charge is 0.0483 e. The number of anilines is 1. The summed E-state index contributed by atoms with van der Waals surface area (Å²) in [6.07, 6.45) is 46.0. The van der Waals surface area contributed by atoms with Gasteiger partial charge in [0, 0.05) is 47.6 Å². The molecule has 0 heterocycles. The molecule has 7 aliphatic rings. The molecule has 3 heteroatoms. The van der Waals surface area contributed by atoms with E-state index < -0.39 is 0 Å². The maximum absolute atomic E-state index is 6.97. The van der Waals surface area contributed by atoms with Gasteiger partial charge in [-0.1, -0.05) is 179 Å². The molecular weight excluding hydrogens is 883 g/mol. The van der Waals surface area contributed by atoms with Crippen LogP contribution in [0.5, 0.6) is 0 Å². The Hall–Kier alpha value is -5.77. The van der Waals surface area contributed by atoms with Crippen molar-refractivity contribution in [2.45, 2.75) is 133 Å². The van der Waals surface area contributed by atoms with Gasteiger partial charge in [0.1, 0.15) is 0 Å². The van der Waals surface area contributed by atoms with Crippen molar-refractivity contribution in [1.82, 2.24) is 0 Å². The number of allylic oxidation sites excluding steroid dienone is 18. The molecule has 0 aromatic heterocycles. The molecule has 0 spiro atoms. The zero-order chi connectivity index (χ0) is 51.4. The van der Waals surface area contributed by atoms with Crippen LogP contribution >= 0.6 is 0 Å². The first-order chi connectivity index (χ1) is 35.1. The normalized spacial score (nSPS) is 28.2. The number of fused-ring (bicyclic) bond motifs is 4. The summed E-state index contributed by atoms with van der Waals surface area (Å²) in [6, 6.07) is 22.7. The molecule has 3 aromatic rings. The van der Waals surface area contributed by atoms with Gasteiger partial charge in [0.05, 0.1) is 0 Å². The molecule has 10 rings (SSSR count). The summed E-state index contributed by atoms with van der Waals surface area (Å²) in [5.74, 6) is 3.54. The molecule has 7 unspecified atom stereocenters. The number of rotatable bonds is 8. The number of aryl methyl sites for hydroxylation is 2. The summed E-state index contributed by atoms with van der Waals surface area (Å²) in [6.45, 7) is 21.3. The van der Waals surface area contributed by atoms with Crippen LogP contribution in [0.3, 0.4) is 0 Å². The van der Waals surface area contributed by atoms with Crippen molar-refractivity contribution >= 4 is 17.0 Å². The number of nitrogens with two attached hydrogens (primary N) is 1. The second-order valence-electron chi connectivity index (χ2n) is 23.9. The van der Waals surface area contributed by atoms with Crippen LogP contribution in [0.25, 0.3) is 27.8 Å². The van der Waals surface area contributed by atoms with Gasteiger partial charge in [-0.25, -0.2) is 0 Å². The Labute approximate surface area is 441 Å². The van der Waals surface area contributed by atoms with E-state index in [1.165, 1.54) is 123 Å². The van der Waals surface area contributed by atoms with Gasteiger partial charge in [-0.3, -0.25) is 4.99 Å². The first-order valence-corrected chi connectivity index (χ1v) is 28.0. The molecule has 0 radical (unpaired) electrons. The fourth-order valence-corrected chi connectivity index (χ4v) is 14.1. The number of aliphatic imine (C=N–C) groups is 1. The van der Waals surface area contributed by atoms with Gasteiger partial charge in [-0.15, -0.1) is 0 Å². The highest BCUT2D eigenvalue weighted by molar-refractivity contribution is 5.98. The number of nitrogens with zero attached hydrogens (tertiary/aromatic N) is 1. The maximum Gasteiger partial charge on any atom is 0.0483 e. The largest absolute Gasteiger partial charge is 0.358 e. The van der Waals surface area contributed by atoms with E-state index in [1.807, 2.05) is 7.05 Å². The fourth-order valence-electron chi connectivity index (χ4n) is 14.1. The van der Waals surface area contributed by atoms with Gasteiger partial charge < -0.3 is 11.1 Å². The molecule has 2 fully saturated rings. The number of hydrogen-bond acceptors (Lipinski definition) is 3. The fraction of sp³-hybridized carbons (Fsp3) is 0.414. The summed E-state index contributed by atoms with van der Waals surface area (Å²) in [4.78, 5) is 5.25. The summed E-state index contributed by atoms with van der Waals surface area (Å²) >= 11 is 0. The molecule has 0 saturated heterocycles. The molecule has 73 heavy (non-hydrogen) atoms. The van der Waals surface area contributed by atoms with Crippen molar-refractivity contribution in [3.63, 3.8) is 0 Å². The lowest BCUT2D eigenvalue weighted by Crippen LogP contribution is -2.34. The highest BCUT2D eigenvalue weighted by Gasteiger charge is 2.57. The SMILES string of the molecule is CC1=CC=CCC1.CN=C(/C=C(\Nc1cc(-c2ccc(-c3ccccc3C)c(C)c2)ccc1C1=CC=CCC=C1C)C1C=C2C(=CC1)C(N)/C=C\C=C/CC2(C)C)C1CCC2C3C(C)=CCCC3C(C)(C)C2C1. The molecule has 0 aliphatic heterocycles. The molecule has 2 saturated carbocycles. The van der Waals surface area contributed by atoms with E-state index in [9.17, 15) is 0 Å².